The van der Waals surface area contributed by atoms with Crippen molar-refractivity contribution in [1.29, 1.82) is 0 Å². The van der Waals surface area contributed by atoms with Crippen molar-refractivity contribution in [1.82, 2.24) is 4.98 Å². The maximum Gasteiger partial charge on any atom is 0.125 e. The van der Waals surface area contributed by atoms with E-state index in [1.807, 2.05) is 6.20 Å². The van der Waals surface area contributed by atoms with Gasteiger partial charge in [-0.05, 0) is 12.8 Å². The van der Waals surface area contributed by atoms with Crippen LogP contribution in [0.5, 0.6) is 0 Å². The lowest BCUT2D eigenvalue weighted by molar-refractivity contribution is -0.0446. The first-order chi connectivity index (χ1) is 7.30. The van der Waals surface area contributed by atoms with Crippen LogP contribution in [0.1, 0.15) is 42.0 Å². The molecule has 0 atom stereocenters. The smallest absolute Gasteiger partial charge is 0.125 e. The summed E-state index contributed by atoms with van der Waals surface area (Å²) < 4.78 is 5.73. The number of methoxy groups -OCH3 is 1. The molecular weight excluding hydrogens is 208 g/mol. The van der Waals surface area contributed by atoms with Crippen molar-refractivity contribution in [3.8, 4) is 0 Å². The molecule has 2 rings (SSSR count). The Morgan fingerprint density at radius 2 is 2.20 bits per heavy atom. The number of ether oxygens (including phenoxy) is 1. The Kier molecular flexibility index (Phi) is 3.38. The minimum atomic E-state index is -0.115. The summed E-state index contributed by atoms with van der Waals surface area (Å²) in [5.74, 6) is 0. The van der Waals surface area contributed by atoms with Crippen molar-refractivity contribution in [3.05, 3.63) is 16.1 Å². The lowest BCUT2D eigenvalue weighted by atomic mass is 9.85. The third-order valence-electron chi connectivity index (χ3n) is 3.20. The van der Waals surface area contributed by atoms with Gasteiger partial charge in [0.05, 0.1) is 0 Å². The SMILES string of the molecule is COC1(c2ncc(CN)s2)CCCCC1. The second-order valence-electron chi connectivity index (χ2n) is 4.09. The van der Waals surface area contributed by atoms with E-state index in [1.165, 1.54) is 19.3 Å². The van der Waals surface area contributed by atoms with Crippen LogP contribution in [0.25, 0.3) is 0 Å². The molecule has 0 unspecified atom stereocenters. The van der Waals surface area contributed by atoms with Gasteiger partial charge >= 0.3 is 0 Å². The van der Waals surface area contributed by atoms with Gasteiger partial charge in [0.25, 0.3) is 0 Å². The summed E-state index contributed by atoms with van der Waals surface area (Å²) in [4.78, 5) is 5.61. The molecule has 1 fully saturated rings. The number of hydrogen-bond acceptors (Lipinski definition) is 4. The van der Waals surface area contributed by atoms with Crippen molar-refractivity contribution in [2.75, 3.05) is 7.11 Å². The molecule has 84 valence electrons. The Hall–Kier alpha value is -0.450. The molecule has 15 heavy (non-hydrogen) atoms. The van der Waals surface area contributed by atoms with Gasteiger partial charge in [-0.1, -0.05) is 19.3 Å². The van der Waals surface area contributed by atoms with Gasteiger partial charge in [0.1, 0.15) is 10.6 Å². The molecule has 1 aliphatic rings. The first kappa shape index (κ1) is 11.0. The van der Waals surface area contributed by atoms with Gasteiger partial charge in [0, 0.05) is 24.7 Å². The highest BCUT2D eigenvalue weighted by molar-refractivity contribution is 7.11. The molecule has 3 nitrogen and oxygen atoms in total. The van der Waals surface area contributed by atoms with E-state index < -0.39 is 0 Å². The van der Waals surface area contributed by atoms with Crippen LogP contribution in [0.3, 0.4) is 0 Å². The summed E-state index contributed by atoms with van der Waals surface area (Å²) in [5, 5.41) is 1.12. The second kappa shape index (κ2) is 4.60. The second-order valence-corrected chi connectivity index (χ2v) is 5.21. The highest BCUT2D eigenvalue weighted by Gasteiger charge is 2.36. The average molecular weight is 226 g/mol. The molecule has 0 radical (unpaired) electrons. The summed E-state index contributed by atoms with van der Waals surface area (Å²) in [6, 6.07) is 0. The number of thiazole rings is 1. The van der Waals surface area contributed by atoms with Gasteiger partial charge in [0.2, 0.25) is 0 Å². The van der Waals surface area contributed by atoms with E-state index in [4.69, 9.17) is 10.5 Å². The zero-order valence-electron chi connectivity index (χ0n) is 9.16. The fourth-order valence-electron chi connectivity index (χ4n) is 2.24. The fraction of sp³-hybridized carbons (Fsp3) is 0.727. The predicted molar refractivity (Wildman–Crippen MR) is 61.8 cm³/mol. The van der Waals surface area contributed by atoms with Crippen LogP contribution in [0.15, 0.2) is 6.20 Å². The topological polar surface area (TPSA) is 48.1 Å². The number of nitrogens with zero attached hydrogens (tertiary/aromatic N) is 1. The van der Waals surface area contributed by atoms with Gasteiger partial charge in [-0.25, -0.2) is 4.98 Å². The van der Waals surface area contributed by atoms with Crippen molar-refractivity contribution in [2.24, 2.45) is 5.73 Å². The van der Waals surface area contributed by atoms with Crippen molar-refractivity contribution in [2.45, 2.75) is 44.2 Å². The third-order valence-corrected chi connectivity index (χ3v) is 4.40. The van der Waals surface area contributed by atoms with E-state index in [9.17, 15) is 0 Å². The number of aromatic nitrogens is 1. The largest absolute Gasteiger partial charge is 0.371 e. The number of nitrogens with two attached hydrogens (primary N) is 1. The molecule has 1 aromatic rings. The minimum absolute atomic E-state index is 0.115. The molecule has 0 amide bonds. The Morgan fingerprint density at radius 3 is 2.73 bits per heavy atom. The maximum absolute atomic E-state index is 5.73. The highest BCUT2D eigenvalue weighted by atomic mass is 32.1. The molecule has 0 aliphatic heterocycles. The van der Waals surface area contributed by atoms with E-state index in [1.54, 1.807) is 18.4 Å². The van der Waals surface area contributed by atoms with Gasteiger partial charge in [-0.3, -0.25) is 0 Å². The highest BCUT2D eigenvalue weighted by Crippen LogP contribution is 2.41. The average Bonchev–Trinajstić information content (AvgIpc) is 2.79. The minimum Gasteiger partial charge on any atom is -0.371 e. The molecule has 4 heteroatoms. The Bertz CT molecular complexity index is 318. The van der Waals surface area contributed by atoms with Crippen LogP contribution in [-0.2, 0) is 16.9 Å². The molecule has 0 saturated heterocycles. The van der Waals surface area contributed by atoms with E-state index in [-0.39, 0.29) is 5.60 Å². The van der Waals surface area contributed by atoms with E-state index in [2.05, 4.69) is 4.98 Å². The van der Waals surface area contributed by atoms with Crippen molar-refractivity contribution < 1.29 is 4.74 Å². The zero-order valence-corrected chi connectivity index (χ0v) is 9.98. The van der Waals surface area contributed by atoms with Gasteiger partial charge in [0.15, 0.2) is 0 Å². The summed E-state index contributed by atoms with van der Waals surface area (Å²) in [7, 11) is 1.80. The molecule has 1 aliphatic carbocycles. The first-order valence-electron chi connectivity index (χ1n) is 5.51. The normalized spacial score (nSPS) is 20.4. The molecule has 0 bridgehead atoms. The summed E-state index contributed by atoms with van der Waals surface area (Å²) >= 11 is 1.70. The maximum atomic E-state index is 5.73. The molecular formula is C11H18N2OS. The number of rotatable bonds is 3. The van der Waals surface area contributed by atoms with Crippen molar-refractivity contribution >= 4 is 11.3 Å². The molecule has 1 saturated carbocycles. The Morgan fingerprint density at radius 1 is 1.47 bits per heavy atom. The van der Waals surface area contributed by atoms with Gasteiger partial charge < -0.3 is 10.5 Å². The van der Waals surface area contributed by atoms with Crippen molar-refractivity contribution in [3.63, 3.8) is 0 Å². The number of hydrogen-bond donors (Lipinski definition) is 1. The van der Waals surface area contributed by atoms with E-state index >= 15 is 0 Å². The van der Waals surface area contributed by atoms with Crippen LogP contribution in [-0.4, -0.2) is 12.1 Å². The standard InChI is InChI=1S/C11H18N2OS/c1-14-11(5-3-2-4-6-11)10-13-8-9(7-12)15-10/h8H,2-7,12H2,1H3. The monoisotopic (exact) mass is 226 g/mol. The molecule has 0 spiro atoms. The fourth-order valence-corrected chi connectivity index (χ4v) is 3.26. The molecule has 1 heterocycles. The summed E-state index contributed by atoms with van der Waals surface area (Å²) in [5.41, 5.74) is 5.49. The first-order valence-corrected chi connectivity index (χ1v) is 6.33. The van der Waals surface area contributed by atoms with Crippen LogP contribution in [0, 0.1) is 0 Å². The quantitative estimate of drug-likeness (QED) is 0.861. The summed E-state index contributed by atoms with van der Waals surface area (Å²) in [6.45, 7) is 0.581. The van der Waals surface area contributed by atoms with Gasteiger partial charge in [-0.2, -0.15) is 0 Å². The summed E-state index contributed by atoms with van der Waals surface area (Å²) in [6.07, 6.45) is 7.88. The molecule has 0 aromatic carbocycles. The lowest BCUT2D eigenvalue weighted by Crippen LogP contribution is -2.30. The molecule has 2 N–H and O–H groups in total. The molecule has 1 aromatic heterocycles. The Labute approximate surface area is 94.7 Å². The Balaban J connectivity index is 2.24. The van der Waals surface area contributed by atoms with Crippen LogP contribution in [0.4, 0.5) is 0 Å². The van der Waals surface area contributed by atoms with E-state index in [0.29, 0.717) is 6.54 Å². The van der Waals surface area contributed by atoms with Gasteiger partial charge in [-0.15, -0.1) is 11.3 Å². The van der Waals surface area contributed by atoms with Crippen LogP contribution in [0.2, 0.25) is 0 Å². The van der Waals surface area contributed by atoms with E-state index in [0.717, 1.165) is 22.7 Å². The predicted octanol–water partition coefficient (Wildman–Crippen LogP) is 2.41. The lowest BCUT2D eigenvalue weighted by Gasteiger charge is -2.34. The third kappa shape index (κ3) is 2.07. The van der Waals surface area contributed by atoms with Crippen LogP contribution >= 0.6 is 11.3 Å². The zero-order chi connectivity index (χ0) is 10.7. The van der Waals surface area contributed by atoms with Crippen LogP contribution < -0.4 is 5.73 Å².